The van der Waals surface area contributed by atoms with E-state index in [0.717, 1.165) is 25.9 Å². The highest BCUT2D eigenvalue weighted by Crippen LogP contribution is 2.16. The van der Waals surface area contributed by atoms with Crippen LogP contribution >= 0.6 is 11.6 Å². The van der Waals surface area contributed by atoms with Crippen molar-refractivity contribution in [2.24, 2.45) is 5.92 Å². The van der Waals surface area contributed by atoms with Crippen LogP contribution in [0.3, 0.4) is 0 Å². The van der Waals surface area contributed by atoms with Gasteiger partial charge >= 0.3 is 0 Å². The molecule has 1 aliphatic heterocycles. The van der Waals surface area contributed by atoms with E-state index in [1.165, 1.54) is 0 Å². The molecule has 92 valence electrons. The van der Waals surface area contributed by atoms with Crippen molar-refractivity contribution < 1.29 is 9.53 Å². The minimum Gasteiger partial charge on any atom is -0.486 e. The van der Waals surface area contributed by atoms with Crippen molar-refractivity contribution in [3.05, 3.63) is 23.5 Å². The van der Waals surface area contributed by atoms with Gasteiger partial charge in [-0.15, -0.1) is 0 Å². The molecule has 1 aromatic heterocycles. The number of aromatic nitrogens is 1. The normalized spacial score (nSPS) is 16.8. The van der Waals surface area contributed by atoms with E-state index in [0.29, 0.717) is 10.9 Å². The summed E-state index contributed by atoms with van der Waals surface area (Å²) in [6.45, 7) is 1.94. The summed E-state index contributed by atoms with van der Waals surface area (Å²) in [5.74, 6) is 0.889. The van der Waals surface area contributed by atoms with Gasteiger partial charge in [0, 0.05) is 18.2 Å². The Hall–Kier alpha value is -1.13. The molecule has 17 heavy (non-hydrogen) atoms. The van der Waals surface area contributed by atoms with Gasteiger partial charge in [-0.3, -0.25) is 4.79 Å². The Morgan fingerprint density at radius 3 is 3.00 bits per heavy atom. The van der Waals surface area contributed by atoms with E-state index in [2.05, 4.69) is 10.3 Å². The van der Waals surface area contributed by atoms with Crippen LogP contribution in [0, 0.1) is 5.92 Å². The van der Waals surface area contributed by atoms with Crippen LogP contribution in [0.1, 0.15) is 12.8 Å². The van der Waals surface area contributed by atoms with Crippen molar-refractivity contribution >= 4 is 17.4 Å². The highest BCUT2D eigenvalue weighted by molar-refractivity contribution is 6.29. The highest BCUT2D eigenvalue weighted by atomic mass is 35.5. The molecule has 0 unspecified atom stereocenters. The van der Waals surface area contributed by atoms with Crippen LogP contribution in [0.2, 0.25) is 5.15 Å². The molecule has 1 fully saturated rings. The first-order valence-corrected chi connectivity index (χ1v) is 6.11. The van der Waals surface area contributed by atoms with E-state index in [4.69, 9.17) is 16.3 Å². The molecule has 1 saturated heterocycles. The summed E-state index contributed by atoms with van der Waals surface area (Å²) in [6.07, 6.45) is 3.37. The maximum absolute atomic E-state index is 11.9. The molecule has 1 aliphatic rings. The molecule has 0 bridgehead atoms. The summed E-state index contributed by atoms with van der Waals surface area (Å²) in [5.41, 5.74) is 0. The van der Waals surface area contributed by atoms with Gasteiger partial charge in [0.25, 0.3) is 0 Å². The summed E-state index contributed by atoms with van der Waals surface area (Å²) in [7, 11) is 0. The maximum Gasteiger partial charge on any atom is 0.173 e. The van der Waals surface area contributed by atoms with Crippen LogP contribution in [-0.2, 0) is 4.79 Å². The number of carbonyl (C=O) groups is 1. The van der Waals surface area contributed by atoms with Crippen LogP contribution in [0.5, 0.6) is 5.75 Å². The molecule has 0 aliphatic carbocycles. The second kappa shape index (κ2) is 5.98. The van der Waals surface area contributed by atoms with Gasteiger partial charge in [-0.2, -0.15) is 0 Å². The maximum atomic E-state index is 11.9. The largest absolute Gasteiger partial charge is 0.486 e. The lowest BCUT2D eigenvalue weighted by Crippen LogP contribution is -2.33. The quantitative estimate of drug-likeness (QED) is 0.831. The van der Waals surface area contributed by atoms with E-state index in [1.54, 1.807) is 18.3 Å². The van der Waals surface area contributed by atoms with Gasteiger partial charge in [0.05, 0.1) is 0 Å². The standard InChI is InChI=1S/C12H15ClN2O2/c13-12-7-10(3-6-15-12)17-8-11(16)9-1-4-14-5-2-9/h3,6-7,9,14H,1-2,4-5,8H2. The van der Waals surface area contributed by atoms with Crippen molar-refractivity contribution in [2.45, 2.75) is 12.8 Å². The van der Waals surface area contributed by atoms with Gasteiger partial charge in [0.1, 0.15) is 17.5 Å². The number of hydrogen-bond donors (Lipinski definition) is 1. The number of carbonyl (C=O) groups excluding carboxylic acids is 1. The summed E-state index contributed by atoms with van der Waals surface area (Å²) >= 11 is 5.72. The molecule has 2 heterocycles. The van der Waals surface area contributed by atoms with E-state index < -0.39 is 0 Å². The van der Waals surface area contributed by atoms with Crippen LogP contribution in [-0.4, -0.2) is 30.5 Å². The van der Waals surface area contributed by atoms with E-state index in [1.807, 2.05) is 0 Å². The second-order valence-corrected chi connectivity index (χ2v) is 4.48. The number of halogens is 1. The first kappa shape index (κ1) is 12.3. The van der Waals surface area contributed by atoms with Crippen molar-refractivity contribution in [3.8, 4) is 5.75 Å². The third-order valence-corrected chi connectivity index (χ3v) is 3.08. The minimum atomic E-state index is 0.116. The Labute approximate surface area is 105 Å². The zero-order valence-corrected chi connectivity index (χ0v) is 10.2. The lowest BCUT2D eigenvalue weighted by Gasteiger charge is -2.21. The number of ether oxygens (including phenoxy) is 1. The predicted octanol–water partition coefficient (Wildman–Crippen LogP) is 1.68. The van der Waals surface area contributed by atoms with Crippen molar-refractivity contribution in [1.29, 1.82) is 0 Å². The Morgan fingerprint density at radius 2 is 2.29 bits per heavy atom. The van der Waals surface area contributed by atoms with E-state index >= 15 is 0 Å². The van der Waals surface area contributed by atoms with Crippen LogP contribution < -0.4 is 10.1 Å². The fourth-order valence-electron chi connectivity index (χ4n) is 1.89. The Bertz CT molecular complexity index is 392. The predicted molar refractivity (Wildman–Crippen MR) is 65.3 cm³/mol. The van der Waals surface area contributed by atoms with Gasteiger partial charge in [0.15, 0.2) is 5.78 Å². The minimum absolute atomic E-state index is 0.116. The van der Waals surface area contributed by atoms with Crippen molar-refractivity contribution in [1.82, 2.24) is 10.3 Å². The number of piperidine rings is 1. The summed E-state index contributed by atoms with van der Waals surface area (Å²) < 4.78 is 5.41. The van der Waals surface area contributed by atoms with Crippen LogP contribution in [0.25, 0.3) is 0 Å². The highest BCUT2D eigenvalue weighted by Gasteiger charge is 2.21. The fraction of sp³-hybridized carbons (Fsp3) is 0.500. The van der Waals surface area contributed by atoms with Gasteiger partial charge < -0.3 is 10.1 Å². The van der Waals surface area contributed by atoms with Gasteiger partial charge in [-0.1, -0.05) is 11.6 Å². The van der Waals surface area contributed by atoms with Gasteiger partial charge in [-0.25, -0.2) is 4.98 Å². The molecule has 0 amide bonds. The Balaban J connectivity index is 1.83. The number of Topliss-reactive ketones (excluding diaryl/α,β-unsaturated/α-hetero) is 1. The Morgan fingerprint density at radius 1 is 1.53 bits per heavy atom. The lowest BCUT2D eigenvalue weighted by atomic mass is 9.94. The van der Waals surface area contributed by atoms with Crippen molar-refractivity contribution in [2.75, 3.05) is 19.7 Å². The molecule has 0 atom stereocenters. The second-order valence-electron chi connectivity index (χ2n) is 4.09. The third kappa shape index (κ3) is 3.68. The number of rotatable bonds is 4. The molecule has 0 spiro atoms. The summed E-state index contributed by atoms with van der Waals surface area (Å²) in [6, 6.07) is 3.30. The summed E-state index contributed by atoms with van der Waals surface area (Å²) in [4.78, 5) is 15.7. The Kier molecular flexibility index (Phi) is 4.34. The molecule has 0 aromatic carbocycles. The zero-order valence-electron chi connectivity index (χ0n) is 9.49. The SMILES string of the molecule is O=C(COc1ccnc(Cl)c1)C1CCNCC1. The van der Waals surface area contributed by atoms with Crippen LogP contribution in [0.4, 0.5) is 0 Å². The molecule has 2 rings (SSSR count). The number of ketones is 1. The first-order chi connectivity index (χ1) is 8.25. The topological polar surface area (TPSA) is 51.2 Å². The zero-order chi connectivity index (χ0) is 12.1. The molecule has 0 saturated carbocycles. The van der Waals surface area contributed by atoms with E-state index in [9.17, 15) is 4.79 Å². The molecule has 5 heteroatoms. The van der Waals surface area contributed by atoms with Crippen molar-refractivity contribution in [3.63, 3.8) is 0 Å². The fourth-order valence-corrected chi connectivity index (χ4v) is 2.05. The molecule has 0 radical (unpaired) electrons. The lowest BCUT2D eigenvalue weighted by molar-refractivity contribution is -0.125. The van der Waals surface area contributed by atoms with Gasteiger partial charge in [-0.05, 0) is 32.0 Å². The number of nitrogens with zero attached hydrogens (tertiary/aromatic N) is 1. The number of hydrogen-bond acceptors (Lipinski definition) is 4. The smallest absolute Gasteiger partial charge is 0.173 e. The average Bonchev–Trinajstić information content (AvgIpc) is 2.37. The molecule has 1 aromatic rings. The van der Waals surface area contributed by atoms with Crippen LogP contribution in [0.15, 0.2) is 18.3 Å². The van der Waals surface area contributed by atoms with E-state index in [-0.39, 0.29) is 18.3 Å². The molecular formula is C12H15ClN2O2. The first-order valence-electron chi connectivity index (χ1n) is 5.73. The molecule has 4 nitrogen and oxygen atoms in total. The monoisotopic (exact) mass is 254 g/mol. The average molecular weight is 255 g/mol. The number of nitrogens with one attached hydrogen (secondary N) is 1. The molecular weight excluding hydrogens is 240 g/mol. The third-order valence-electron chi connectivity index (χ3n) is 2.87. The summed E-state index contributed by atoms with van der Waals surface area (Å²) in [5, 5.41) is 3.60. The molecule has 1 N–H and O–H groups in total. The number of pyridine rings is 1. The van der Waals surface area contributed by atoms with Gasteiger partial charge in [0.2, 0.25) is 0 Å².